The Morgan fingerprint density at radius 2 is 2.03 bits per heavy atom. The molecular formula is C21H20ClN3O3S. The molecule has 0 radical (unpaired) electrons. The van der Waals surface area contributed by atoms with Crippen molar-refractivity contribution in [2.45, 2.75) is 25.3 Å². The Morgan fingerprint density at radius 3 is 2.76 bits per heavy atom. The zero-order valence-corrected chi connectivity index (χ0v) is 17.2. The molecule has 29 heavy (non-hydrogen) atoms. The van der Waals surface area contributed by atoms with Crippen molar-refractivity contribution in [2.75, 3.05) is 13.1 Å². The van der Waals surface area contributed by atoms with Gasteiger partial charge in [-0.25, -0.2) is 4.98 Å². The van der Waals surface area contributed by atoms with Crippen molar-refractivity contribution >= 4 is 34.8 Å². The number of benzene rings is 1. The second kappa shape index (κ2) is 8.80. The molecule has 1 aliphatic heterocycles. The molecule has 0 atom stereocenters. The number of aromatic nitrogens is 1. The van der Waals surface area contributed by atoms with Gasteiger partial charge in [0, 0.05) is 30.1 Å². The lowest BCUT2D eigenvalue weighted by Gasteiger charge is -2.32. The number of halogens is 1. The van der Waals surface area contributed by atoms with E-state index in [1.165, 1.54) is 23.9 Å². The molecule has 0 spiro atoms. The van der Waals surface area contributed by atoms with Gasteiger partial charge in [-0.1, -0.05) is 29.8 Å². The molecule has 2 amide bonds. The number of nitrogens with one attached hydrogen (secondary N) is 1. The van der Waals surface area contributed by atoms with Crippen molar-refractivity contribution < 1.29 is 14.0 Å². The van der Waals surface area contributed by atoms with Gasteiger partial charge in [-0.2, -0.15) is 0 Å². The molecule has 6 nitrogen and oxygen atoms in total. The van der Waals surface area contributed by atoms with Crippen LogP contribution < -0.4 is 5.32 Å². The highest BCUT2D eigenvalue weighted by Gasteiger charge is 2.25. The molecule has 0 unspecified atom stereocenters. The number of furan rings is 1. The Labute approximate surface area is 177 Å². The summed E-state index contributed by atoms with van der Waals surface area (Å²) in [5.74, 6) is -0.0845. The van der Waals surface area contributed by atoms with Crippen LogP contribution >= 0.6 is 22.9 Å². The van der Waals surface area contributed by atoms with Crippen LogP contribution in [0.1, 0.15) is 28.9 Å². The van der Waals surface area contributed by atoms with E-state index in [0.29, 0.717) is 23.7 Å². The third-order valence-electron chi connectivity index (χ3n) is 4.91. The Kier molecular flexibility index (Phi) is 5.97. The van der Waals surface area contributed by atoms with E-state index in [-0.39, 0.29) is 24.3 Å². The van der Waals surface area contributed by atoms with Crippen molar-refractivity contribution in [3.8, 4) is 10.6 Å². The van der Waals surface area contributed by atoms with E-state index in [1.807, 2.05) is 29.6 Å². The van der Waals surface area contributed by atoms with Gasteiger partial charge in [0.05, 0.1) is 29.0 Å². The molecular weight excluding hydrogens is 410 g/mol. The van der Waals surface area contributed by atoms with Crippen LogP contribution in [0.3, 0.4) is 0 Å². The molecule has 1 N–H and O–H groups in total. The molecule has 3 aromatic rings. The Hall–Kier alpha value is -2.64. The third kappa shape index (κ3) is 4.68. The number of nitrogens with zero attached hydrogens (tertiary/aromatic N) is 2. The minimum absolute atomic E-state index is 0.0295. The fourth-order valence-corrected chi connectivity index (χ4v) is 4.53. The summed E-state index contributed by atoms with van der Waals surface area (Å²) in [4.78, 5) is 31.1. The summed E-state index contributed by atoms with van der Waals surface area (Å²) in [5.41, 5.74) is 2.17. The van der Waals surface area contributed by atoms with Crippen molar-refractivity contribution in [1.29, 1.82) is 0 Å². The highest BCUT2D eigenvalue weighted by Crippen LogP contribution is 2.30. The quantitative estimate of drug-likeness (QED) is 0.664. The summed E-state index contributed by atoms with van der Waals surface area (Å²) in [5, 5.41) is 6.42. The van der Waals surface area contributed by atoms with Gasteiger partial charge in [0.25, 0.3) is 5.91 Å². The zero-order chi connectivity index (χ0) is 20.2. The van der Waals surface area contributed by atoms with E-state index >= 15 is 0 Å². The molecule has 1 saturated heterocycles. The van der Waals surface area contributed by atoms with E-state index in [2.05, 4.69) is 10.3 Å². The monoisotopic (exact) mass is 429 g/mol. The average Bonchev–Trinajstić information content (AvgIpc) is 3.41. The van der Waals surface area contributed by atoms with E-state index in [9.17, 15) is 9.59 Å². The minimum atomic E-state index is -0.0550. The summed E-state index contributed by atoms with van der Waals surface area (Å²) in [7, 11) is 0. The minimum Gasteiger partial charge on any atom is -0.472 e. The number of carbonyl (C=O) groups excluding carboxylic acids is 2. The maximum absolute atomic E-state index is 12.4. The first kappa shape index (κ1) is 19.7. The number of thiazole rings is 1. The fourth-order valence-electron chi connectivity index (χ4n) is 3.39. The highest BCUT2D eigenvalue weighted by molar-refractivity contribution is 7.13. The number of hydrogen-bond donors (Lipinski definition) is 1. The second-order valence-corrected chi connectivity index (χ2v) is 8.21. The van der Waals surface area contributed by atoms with Gasteiger partial charge in [0.2, 0.25) is 5.91 Å². The Morgan fingerprint density at radius 1 is 1.24 bits per heavy atom. The van der Waals surface area contributed by atoms with E-state index in [1.54, 1.807) is 11.0 Å². The van der Waals surface area contributed by atoms with Crippen molar-refractivity contribution in [2.24, 2.45) is 0 Å². The van der Waals surface area contributed by atoms with Crippen molar-refractivity contribution in [3.05, 3.63) is 64.5 Å². The predicted octanol–water partition coefficient (Wildman–Crippen LogP) is 4.02. The van der Waals surface area contributed by atoms with Crippen LogP contribution in [0, 0.1) is 0 Å². The van der Waals surface area contributed by atoms with E-state index < -0.39 is 0 Å². The van der Waals surface area contributed by atoms with E-state index in [4.69, 9.17) is 16.0 Å². The molecule has 4 rings (SSSR count). The number of hydrogen-bond acceptors (Lipinski definition) is 5. The predicted molar refractivity (Wildman–Crippen MR) is 112 cm³/mol. The lowest BCUT2D eigenvalue weighted by Crippen LogP contribution is -2.46. The van der Waals surface area contributed by atoms with Gasteiger partial charge < -0.3 is 14.6 Å². The van der Waals surface area contributed by atoms with Crippen LogP contribution in [0.5, 0.6) is 0 Å². The number of likely N-dealkylation sites (tertiary alicyclic amines) is 1. The normalized spacial score (nSPS) is 14.7. The SMILES string of the molecule is O=C(Cc1csc(-c2ccccc2Cl)n1)NC1CCN(C(=O)c2ccoc2)CC1. The summed E-state index contributed by atoms with van der Waals surface area (Å²) in [6.45, 7) is 1.23. The molecule has 2 aromatic heterocycles. The van der Waals surface area contributed by atoms with E-state index in [0.717, 1.165) is 29.1 Å². The number of amides is 2. The largest absolute Gasteiger partial charge is 0.472 e. The van der Waals surface area contributed by atoms with Crippen molar-refractivity contribution in [3.63, 3.8) is 0 Å². The summed E-state index contributed by atoms with van der Waals surface area (Å²) in [6.07, 6.45) is 4.65. The maximum Gasteiger partial charge on any atom is 0.257 e. The first-order valence-corrected chi connectivity index (χ1v) is 10.7. The third-order valence-corrected chi connectivity index (χ3v) is 6.17. The summed E-state index contributed by atoms with van der Waals surface area (Å²) in [6, 6.07) is 9.27. The maximum atomic E-state index is 12.4. The summed E-state index contributed by atoms with van der Waals surface area (Å²) >= 11 is 7.70. The fraction of sp³-hybridized carbons (Fsp3) is 0.286. The standard InChI is InChI=1S/C21H20ClN3O3S/c22-18-4-2-1-3-17(18)20-24-16(13-29-20)11-19(26)23-15-5-8-25(9-6-15)21(27)14-7-10-28-12-14/h1-4,7,10,12-13,15H,5-6,8-9,11H2,(H,23,26). The van der Waals surface area contributed by atoms with Gasteiger partial charge >= 0.3 is 0 Å². The number of piperidine rings is 1. The van der Waals surface area contributed by atoms with Gasteiger partial charge in [-0.15, -0.1) is 11.3 Å². The van der Waals surface area contributed by atoms with Gasteiger partial charge in [0.15, 0.2) is 0 Å². The highest BCUT2D eigenvalue weighted by atomic mass is 35.5. The number of rotatable bonds is 5. The van der Waals surface area contributed by atoms with Crippen LogP contribution in [0.15, 0.2) is 52.7 Å². The van der Waals surface area contributed by atoms with Crippen LogP contribution in [-0.2, 0) is 11.2 Å². The molecule has 1 aromatic carbocycles. The second-order valence-electron chi connectivity index (χ2n) is 6.95. The van der Waals surface area contributed by atoms with Crippen LogP contribution in [0.25, 0.3) is 10.6 Å². The van der Waals surface area contributed by atoms with Gasteiger partial charge in [-0.3, -0.25) is 9.59 Å². The molecule has 1 fully saturated rings. The molecule has 1 aliphatic rings. The smallest absolute Gasteiger partial charge is 0.257 e. The number of carbonyl (C=O) groups is 2. The molecule has 8 heteroatoms. The molecule has 3 heterocycles. The van der Waals surface area contributed by atoms with Gasteiger partial charge in [0.1, 0.15) is 11.3 Å². The molecule has 150 valence electrons. The van der Waals surface area contributed by atoms with Crippen molar-refractivity contribution in [1.82, 2.24) is 15.2 Å². The van der Waals surface area contributed by atoms with Crippen LogP contribution in [0.4, 0.5) is 0 Å². The zero-order valence-electron chi connectivity index (χ0n) is 15.6. The van der Waals surface area contributed by atoms with Crippen LogP contribution in [0.2, 0.25) is 5.02 Å². The molecule has 0 saturated carbocycles. The summed E-state index contributed by atoms with van der Waals surface area (Å²) < 4.78 is 4.98. The Balaban J connectivity index is 1.28. The first-order chi connectivity index (χ1) is 14.1. The average molecular weight is 430 g/mol. The lowest BCUT2D eigenvalue weighted by molar-refractivity contribution is -0.121. The first-order valence-electron chi connectivity index (χ1n) is 9.40. The molecule has 0 aliphatic carbocycles. The van der Waals surface area contributed by atoms with Gasteiger partial charge in [-0.05, 0) is 25.0 Å². The lowest BCUT2D eigenvalue weighted by atomic mass is 10.0. The Bertz CT molecular complexity index is 994. The topological polar surface area (TPSA) is 75.4 Å². The van der Waals surface area contributed by atoms with Crippen LogP contribution in [-0.4, -0.2) is 40.8 Å². The molecule has 0 bridgehead atoms.